The molecule has 1 aliphatic carbocycles. The van der Waals surface area contributed by atoms with Gasteiger partial charge in [-0.05, 0) is 61.4 Å². The van der Waals surface area contributed by atoms with Crippen LogP contribution in [0.25, 0.3) is 0 Å². The van der Waals surface area contributed by atoms with Crippen LogP contribution in [0.5, 0.6) is 5.75 Å². The third-order valence-electron chi connectivity index (χ3n) is 4.64. The third kappa shape index (κ3) is 5.03. The van der Waals surface area contributed by atoms with E-state index in [9.17, 15) is 0 Å². The van der Waals surface area contributed by atoms with Crippen LogP contribution in [0, 0.1) is 11.8 Å². The summed E-state index contributed by atoms with van der Waals surface area (Å²) in [6, 6.07) is 8.71. The molecule has 1 aromatic carbocycles. The van der Waals surface area contributed by atoms with Crippen molar-refractivity contribution in [3.63, 3.8) is 0 Å². The van der Waals surface area contributed by atoms with Crippen LogP contribution in [0.15, 0.2) is 24.3 Å². The Kier molecular flexibility index (Phi) is 6.56. The van der Waals surface area contributed by atoms with E-state index in [1.807, 2.05) is 6.07 Å². The lowest BCUT2D eigenvalue weighted by atomic mass is 9.82. The molecule has 1 saturated carbocycles. The van der Waals surface area contributed by atoms with Crippen LogP contribution in [-0.4, -0.2) is 20.2 Å². The van der Waals surface area contributed by atoms with E-state index in [4.69, 9.17) is 4.74 Å². The topological polar surface area (TPSA) is 21.3 Å². The van der Waals surface area contributed by atoms with Crippen molar-refractivity contribution in [2.75, 3.05) is 20.2 Å². The van der Waals surface area contributed by atoms with Gasteiger partial charge in [0.15, 0.2) is 0 Å². The Bertz CT molecular complexity index is 416. The van der Waals surface area contributed by atoms with Gasteiger partial charge in [-0.3, -0.25) is 0 Å². The van der Waals surface area contributed by atoms with E-state index in [1.165, 1.54) is 37.7 Å². The first-order chi connectivity index (χ1) is 10.2. The standard InChI is InChI=1S/C19H31NO/c1-15(2)13-20-14-17-8-5-4-6-11-19(17)16-9-7-10-18(12-16)21-3/h7,9-10,12,15,17,19-20H,4-6,8,11,13-14H2,1-3H3. The van der Waals surface area contributed by atoms with Crippen LogP contribution in [0.4, 0.5) is 0 Å². The maximum Gasteiger partial charge on any atom is 0.119 e. The zero-order valence-corrected chi connectivity index (χ0v) is 13.9. The highest BCUT2D eigenvalue weighted by Gasteiger charge is 2.25. The quantitative estimate of drug-likeness (QED) is 0.772. The molecule has 118 valence electrons. The number of hydrogen-bond acceptors (Lipinski definition) is 2. The second-order valence-electron chi connectivity index (χ2n) is 6.83. The summed E-state index contributed by atoms with van der Waals surface area (Å²) in [5.41, 5.74) is 1.47. The number of hydrogen-bond donors (Lipinski definition) is 1. The molecule has 0 spiro atoms. The highest BCUT2D eigenvalue weighted by Crippen LogP contribution is 2.37. The lowest BCUT2D eigenvalue weighted by Crippen LogP contribution is -2.29. The summed E-state index contributed by atoms with van der Waals surface area (Å²) in [7, 11) is 1.76. The van der Waals surface area contributed by atoms with Gasteiger partial charge in [0.1, 0.15) is 5.75 Å². The van der Waals surface area contributed by atoms with Gasteiger partial charge in [0.25, 0.3) is 0 Å². The summed E-state index contributed by atoms with van der Waals surface area (Å²) in [5.74, 6) is 3.16. The van der Waals surface area contributed by atoms with Gasteiger partial charge in [-0.25, -0.2) is 0 Å². The van der Waals surface area contributed by atoms with Crippen LogP contribution < -0.4 is 10.1 Å². The molecule has 1 aromatic rings. The fraction of sp³-hybridized carbons (Fsp3) is 0.684. The van der Waals surface area contributed by atoms with Gasteiger partial charge in [0.2, 0.25) is 0 Å². The molecule has 0 heterocycles. The maximum atomic E-state index is 5.41. The van der Waals surface area contributed by atoms with Crippen molar-refractivity contribution in [2.24, 2.45) is 11.8 Å². The summed E-state index contributed by atoms with van der Waals surface area (Å²) < 4.78 is 5.41. The van der Waals surface area contributed by atoms with Crippen molar-refractivity contribution < 1.29 is 4.74 Å². The minimum absolute atomic E-state index is 0.683. The molecular weight excluding hydrogens is 258 g/mol. The van der Waals surface area contributed by atoms with E-state index in [1.54, 1.807) is 7.11 Å². The highest BCUT2D eigenvalue weighted by molar-refractivity contribution is 5.31. The second kappa shape index (κ2) is 8.43. The molecule has 0 amide bonds. The minimum atomic E-state index is 0.683. The van der Waals surface area contributed by atoms with E-state index in [-0.39, 0.29) is 0 Å². The summed E-state index contributed by atoms with van der Waals surface area (Å²) in [6.07, 6.45) is 6.81. The second-order valence-corrected chi connectivity index (χ2v) is 6.83. The number of nitrogens with one attached hydrogen (secondary N) is 1. The molecule has 2 atom stereocenters. The first kappa shape index (κ1) is 16.4. The van der Waals surface area contributed by atoms with Gasteiger partial charge in [0.05, 0.1) is 7.11 Å². The number of methoxy groups -OCH3 is 1. The Morgan fingerprint density at radius 3 is 2.76 bits per heavy atom. The van der Waals surface area contributed by atoms with Gasteiger partial charge in [0, 0.05) is 0 Å². The average molecular weight is 289 g/mol. The summed E-state index contributed by atoms with van der Waals surface area (Å²) >= 11 is 0. The predicted octanol–water partition coefficient (Wildman–Crippen LogP) is 4.60. The molecular formula is C19H31NO. The fourth-order valence-electron chi connectivity index (χ4n) is 3.50. The van der Waals surface area contributed by atoms with E-state index < -0.39 is 0 Å². The SMILES string of the molecule is COc1cccc(C2CCCCCC2CNCC(C)C)c1. The third-order valence-corrected chi connectivity index (χ3v) is 4.64. The van der Waals surface area contributed by atoms with E-state index in [2.05, 4.69) is 37.4 Å². The van der Waals surface area contributed by atoms with E-state index in [0.29, 0.717) is 5.92 Å². The van der Waals surface area contributed by atoms with Crippen molar-refractivity contribution in [1.82, 2.24) is 5.32 Å². The van der Waals surface area contributed by atoms with Gasteiger partial charge < -0.3 is 10.1 Å². The van der Waals surface area contributed by atoms with Crippen LogP contribution in [0.1, 0.15) is 57.4 Å². The van der Waals surface area contributed by atoms with Crippen molar-refractivity contribution in [2.45, 2.75) is 51.9 Å². The van der Waals surface area contributed by atoms with Gasteiger partial charge in [-0.15, -0.1) is 0 Å². The van der Waals surface area contributed by atoms with Crippen LogP contribution in [0.2, 0.25) is 0 Å². The predicted molar refractivity (Wildman–Crippen MR) is 90.0 cm³/mol. The zero-order valence-electron chi connectivity index (χ0n) is 13.9. The first-order valence-corrected chi connectivity index (χ1v) is 8.55. The first-order valence-electron chi connectivity index (χ1n) is 8.55. The minimum Gasteiger partial charge on any atom is -0.497 e. The summed E-state index contributed by atoms with van der Waals surface area (Å²) in [6.45, 7) is 6.83. The summed E-state index contributed by atoms with van der Waals surface area (Å²) in [4.78, 5) is 0. The normalized spacial score (nSPS) is 23.0. The largest absolute Gasteiger partial charge is 0.497 e. The average Bonchev–Trinajstić information content (AvgIpc) is 2.72. The van der Waals surface area contributed by atoms with Gasteiger partial charge in [-0.2, -0.15) is 0 Å². The molecule has 0 bridgehead atoms. The Hall–Kier alpha value is -1.02. The molecule has 2 heteroatoms. The van der Waals surface area contributed by atoms with Crippen molar-refractivity contribution >= 4 is 0 Å². The van der Waals surface area contributed by atoms with Gasteiger partial charge >= 0.3 is 0 Å². The molecule has 1 aliphatic rings. The van der Waals surface area contributed by atoms with Crippen LogP contribution >= 0.6 is 0 Å². The monoisotopic (exact) mass is 289 g/mol. The summed E-state index contributed by atoms with van der Waals surface area (Å²) in [5, 5.41) is 3.68. The maximum absolute atomic E-state index is 5.41. The Morgan fingerprint density at radius 1 is 1.19 bits per heavy atom. The number of rotatable bonds is 6. The van der Waals surface area contributed by atoms with Crippen LogP contribution in [-0.2, 0) is 0 Å². The van der Waals surface area contributed by atoms with E-state index >= 15 is 0 Å². The smallest absolute Gasteiger partial charge is 0.119 e. The molecule has 21 heavy (non-hydrogen) atoms. The lowest BCUT2D eigenvalue weighted by molar-refractivity contribution is 0.364. The molecule has 2 unspecified atom stereocenters. The van der Waals surface area contributed by atoms with Crippen molar-refractivity contribution in [3.8, 4) is 5.75 Å². The molecule has 0 aromatic heterocycles. The molecule has 2 nitrogen and oxygen atoms in total. The van der Waals surface area contributed by atoms with Crippen molar-refractivity contribution in [3.05, 3.63) is 29.8 Å². The molecule has 2 rings (SSSR count). The van der Waals surface area contributed by atoms with Gasteiger partial charge in [-0.1, -0.05) is 45.2 Å². The molecule has 0 radical (unpaired) electrons. The lowest BCUT2D eigenvalue weighted by Gasteiger charge is -2.26. The molecule has 0 saturated heterocycles. The Labute approximate surface area is 130 Å². The number of ether oxygens (including phenoxy) is 1. The van der Waals surface area contributed by atoms with E-state index in [0.717, 1.165) is 30.7 Å². The molecule has 1 N–H and O–H groups in total. The fourth-order valence-corrected chi connectivity index (χ4v) is 3.50. The molecule has 0 aliphatic heterocycles. The molecule has 1 fully saturated rings. The van der Waals surface area contributed by atoms with Crippen LogP contribution in [0.3, 0.4) is 0 Å². The highest BCUT2D eigenvalue weighted by atomic mass is 16.5. The zero-order chi connectivity index (χ0) is 15.1. The Balaban J connectivity index is 2.07. The Morgan fingerprint density at radius 2 is 2.00 bits per heavy atom. The number of benzene rings is 1. The van der Waals surface area contributed by atoms with Crippen molar-refractivity contribution in [1.29, 1.82) is 0 Å².